The SMILES string of the molecule is CCCCCc1ccc(-c2cc3ccc(S)cc3o2)c(C)c1.CCCCCc1ccc(-c2cc3ccc(SCCC(F)(F)C(F)(F)C(F)(F)C(F)(F)CCO)cc3o2)c(C)c1.OCCC(F)(F)C(F)(F)C(F)(F)C(F)(F)CCBr. The van der Waals surface area contributed by atoms with Gasteiger partial charge in [-0.1, -0.05) is 91.9 Å². The second-order valence-corrected chi connectivity index (χ2v) is 21.4. The van der Waals surface area contributed by atoms with Crippen molar-refractivity contribution >= 4 is 62.3 Å². The summed E-state index contributed by atoms with van der Waals surface area (Å²) in [4.78, 5) is 1.28. The van der Waals surface area contributed by atoms with Crippen LogP contribution in [-0.2, 0) is 12.8 Å². The lowest BCUT2D eigenvalue weighted by Gasteiger charge is -2.36. The first-order valence-corrected chi connectivity index (χ1v) is 27.7. The maximum absolute atomic E-state index is 14.1. The molecule has 23 heteroatoms. The molecular formula is C56H61BrF16O4S2. The number of aliphatic hydroxyl groups excluding tert-OH is 2. The molecule has 2 N–H and O–H groups in total. The van der Waals surface area contributed by atoms with Gasteiger partial charge in [-0.3, -0.25) is 0 Å². The Morgan fingerprint density at radius 3 is 1.27 bits per heavy atom. The maximum Gasteiger partial charge on any atom is 0.378 e. The van der Waals surface area contributed by atoms with Crippen LogP contribution < -0.4 is 0 Å². The fourth-order valence-electron chi connectivity index (χ4n) is 8.10. The molecule has 2 aromatic heterocycles. The summed E-state index contributed by atoms with van der Waals surface area (Å²) in [6, 6.07) is 27.4. The van der Waals surface area contributed by atoms with Gasteiger partial charge in [0.1, 0.15) is 22.7 Å². The Balaban J connectivity index is 0.000000283. The van der Waals surface area contributed by atoms with Crippen LogP contribution in [0.25, 0.3) is 44.6 Å². The topological polar surface area (TPSA) is 66.7 Å². The van der Waals surface area contributed by atoms with Crippen LogP contribution in [0.5, 0.6) is 0 Å². The number of thiol groups is 1. The Bertz CT molecular complexity index is 2860. The van der Waals surface area contributed by atoms with Crippen LogP contribution in [0.1, 0.15) is 100 Å². The number of rotatable bonds is 26. The van der Waals surface area contributed by atoms with E-state index in [1.165, 1.54) is 53.6 Å². The third kappa shape index (κ3) is 15.9. The molecule has 0 spiro atoms. The Morgan fingerprint density at radius 1 is 0.481 bits per heavy atom. The van der Waals surface area contributed by atoms with E-state index in [-0.39, 0.29) is 0 Å². The average molecular weight is 1250 g/mol. The number of fused-ring (bicyclic) bond motifs is 2. The summed E-state index contributed by atoms with van der Waals surface area (Å²) < 4.78 is 225. The van der Waals surface area contributed by atoms with E-state index in [1.807, 2.05) is 37.3 Å². The van der Waals surface area contributed by atoms with Gasteiger partial charge >= 0.3 is 47.4 Å². The van der Waals surface area contributed by atoms with Crippen molar-refractivity contribution in [2.75, 3.05) is 24.3 Å². The molecule has 6 aromatic rings. The number of aryl methyl sites for hydroxylation is 4. The van der Waals surface area contributed by atoms with Crippen LogP contribution in [-0.4, -0.2) is 81.9 Å². The molecule has 0 aliphatic rings. The highest BCUT2D eigenvalue weighted by Crippen LogP contribution is 2.56. The van der Waals surface area contributed by atoms with Crippen molar-refractivity contribution in [2.45, 2.75) is 162 Å². The highest BCUT2D eigenvalue weighted by molar-refractivity contribution is 9.09. The van der Waals surface area contributed by atoms with E-state index < -0.39 is 97.4 Å². The zero-order chi connectivity index (χ0) is 59.4. The van der Waals surface area contributed by atoms with Crippen molar-refractivity contribution in [2.24, 2.45) is 0 Å². The predicted molar refractivity (Wildman–Crippen MR) is 283 cm³/mol. The van der Waals surface area contributed by atoms with E-state index in [0.717, 1.165) is 64.9 Å². The van der Waals surface area contributed by atoms with E-state index >= 15 is 0 Å². The minimum Gasteiger partial charge on any atom is -0.456 e. The number of aliphatic hydroxyl groups is 2. The van der Waals surface area contributed by atoms with Gasteiger partial charge in [0.15, 0.2) is 0 Å². The highest BCUT2D eigenvalue weighted by atomic mass is 79.9. The molecule has 0 unspecified atom stereocenters. The third-order valence-electron chi connectivity index (χ3n) is 12.8. The van der Waals surface area contributed by atoms with Gasteiger partial charge in [0, 0.05) is 81.7 Å². The molecule has 6 rings (SSSR count). The van der Waals surface area contributed by atoms with Gasteiger partial charge < -0.3 is 19.0 Å². The molecule has 4 nitrogen and oxygen atoms in total. The van der Waals surface area contributed by atoms with Gasteiger partial charge in [0.2, 0.25) is 0 Å². The van der Waals surface area contributed by atoms with E-state index in [9.17, 15) is 70.2 Å². The molecule has 0 radical (unpaired) electrons. The molecule has 0 amide bonds. The first kappa shape index (κ1) is 67.4. The molecule has 0 fully saturated rings. The smallest absolute Gasteiger partial charge is 0.378 e. The standard InChI is InChI=1S/C28H30F8O2S.C20H22OS.C8H9BrF8O/c1-3-4-5-6-19-7-10-22(18(2)15-19)24-16-20-8-9-21(17-23(20)38-24)39-14-12-26(31,32)28(35,36)27(33,34)25(29,30)11-13-37;1-3-4-5-6-15-7-10-18(14(2)11-15)20-12-16-8-9-17(22)13-19(16)21-20;9-3-1-5(10,11)7(14,15)8(16,17)6(12,13)2-4-18/h7-10,15-17,37H,3-6,11-14H2,1-2H3;7-13,22H,3-6H2,1-2H3;18H,1-4H2. The minimum absolute atomic E-state index is 0.350. The number of thioether (sulfide) groups is 1. The zero-order valence-corrected chi connectivity index (χ0v) is 46.7. The van der Waals surface area contributed by atoms with Crippen molar-refractivity contribution in [1.29, 1.82) is 0 Å². The van der Waals surface area contributed by atoms with Crippen LogP contribution >= 0.6 is 40.3 Å². The number of hydrogen-bond acceptors (Lipinski definition) is 6. The van der Waals surface area contributed by atoms with Crippen LogP contribution in [0, 0.1) is 13.8 Å². The summed E-state index contributed by atoms with van der Waals surface area (Å²) >= 11 is 7.39. The van der Waals surface area contributed by atoms with Crippen LogP contribution in [0.4, 0.5) is 70.2 Å². The third-order valence-corrected chi connectivity index (χ3v) is 14.5. The first-order chi connectivity index (χ1) is 36.7. The van der Waals surface area contributed by atoms with Gasteiger partial charge in [0.05, 0.1) is 0 Å². The van der Waals surface area contributed by atoms with E-state index in [2.05, 4.69) is 85.7 Å². The molecule has 4 aromatic carbocycles. The summed E-state index contributed by atoms with van der Waals surface area (Å²) in [6.45, 7) is 5.40. The summed E-state index contributed by atoms with van der Waals surface area (Å²) in [5.74, 6) is -46.1. The molecule has 79 heavy (non-hydrogen) atoms. The van der Waals surface area contributed by atoms with Crippen molar-refractivity contribution in [1.82, 2.24) is 0 Å². The molecule has 0 saturated carbocycles. The number of alkyl halides is 17. The van der Waals surface area contributed by atoms with Crippen LogP contribution in [0.3, 0.4) is 0 Å². The van der Waals surface area contributed by atoms with Crippen LogP contribution in [0.2, 0.25) is 0 Å². The second-order valence-electron chi connectivity index (χ2n) is 19.0. The minimum atomic E-state index is -6.35. The van der Waals surface area contributed by atoms with Gasteiger partial charge in [-0.25, -0.2) is 0 Å². The van der Waals surface area contributed by atoms with Crippen molar-refractivity contribution in [3.05, 3.63) is 107 Å². The van der Waals surface area contributed by atoms with Crippen molar-refractivity contribution in [3.63, 3.8) is 0 Å². The Morgan fingerprint density at radius 2 is 0.873 bits per heavy atom. The van der Waals surface area contributed by atoms with Gasteiger partial charge in [-0.15, -0.1) is 24.4 Å². The predicted octanol–water partition coefficient (Wildman–Crippen LogP) is 19.7. The Hall–Kier alpha value is -4.06. The summed E-state index contributed by atoms with van der Waals surface area (Å²) in [5.41, 5.74) is 8.29. The fourth-order valence-corrected chi connectivity index (χ4v) is 9.74. The summed E-state index contributed by atoms with van der Waals surface area (Å²) in [5, 5.41) is 17.6. The fraction of sp³-hybridized carbons (Fsp3) is 0.500. The van der Waals surface area contributed by atoms with Gasteiger partial charge in [-0.05, 0) is 110 Å². The molecule has 0 saturated heterocycles. The Labute approximate surface area is 465 Å². The van der Waals surface area contributed by atoms with E-state index in [0.29, 0.717) is 33.4 Å². The molecule has 0 aliphatic heterocycles. The molecule has 440 valence electrons. The average Bonchev–Trinajstić information content (AvgIpc) is 4.13. The van der Waals surface area contributed by atoms with E-state index in [4.69, 9.17) is 19.0 Å². The number of halogens is 17. The zero-order valence-electron chi connectivity index (χ0n) is 43.4. The second kappa shape index (κ2) is 27.8. The largest absolute Gasteiger partial charge is 0.456 e. The lowest BCUT2D eigenvalue weighted by Crippen LogP contribution is -2.62. The number of hydrogen-bond donors (Lipinski definition) is 3. The summed E-state index contributed by atoms with van der Waals surface area (Å²) in [6.07, 6.45) is 1.73. The van der Waals surface area contributed by atoms with Gasteiger partial charge in [-0.2, -0.15) is 70.2 Å². The number of unbranched alkanes of at least 4 members (excludes halogenated alkanes) is 4. The van der Waals surface area contributed by atoms with E-state index in [1.54, 1.807) is 6.07 Å². The maximum atomic E-state index is 14.1. The normalized spacial score (nSPS) is 13.2. The Kier molecular flexibility index (Phi) is 23.7. The lowest BCUT2D eigenvalue weighted by atomic mass is 9.95. The molecular weight excluding hydrogens is 1180 g/mol. The molecule has 0 bridgehead atoms. The molecule has 0 atom stereocenters. The van der Waals surface area contributed by atoms with Crippen molar-refractivity contribution in [3.8, 4) is 22.6 Å². The van der Waals surface area contributed by atoms with Crippen LogP contribution in [0.15, 0.2) is 104 Å². The number of benzene rings is 4. The molecule has 2 heterocycles. The molecule has 0 aliphatic carbocycles. The highest BCUT2D eigenvalue weighted by Gasteiger charge is 2.80. The quantitative estimate of drug-likeness (QED) is 0.0166. The van der Waals surface area contributed by atoms with Gasteiger partial charge in [0.25, 0.3) is 0 Å². The first-order valence-electron chi connectivity index (χ1n) is 25.1. The van der Waals surface area contributed by atoms with Crippen molar-refractivity contribution < 1.29 is 89.3 Å². The lowest BCUT2D eigenvalue weighted by molar-refractivity contribution is -0.367. The monoisotopic (exact) mass is 1240 g/mol. The number of furan rings is 2. The summed E-state index contributed by atoms with van der Waals surface area (Å²) in [7, 11) is 0.